The fourth-order valence-corrected chi connectivity index (χ4v) is 3.45. The van der Waals surface area contributed by atoms with E-state index in [0.29, 0.717) is 31.3 Å². The average Bonchev–Trinajstić information content (AvgIpc) is 2.66. The van der Waals surface area contributed by atoms with E-state index in [9.17, 15) is 9.90 Å². The molecule has 1 aliphatic heterocycles. The van der Waals surface area contributed by atoms with E-state index < -0.39 is 12.0 Å². The predicted octanol–water partition coefficient (Wildman–Crippen LogP) is 1.86. The maximum atomic E-state index is 12.0. The molecule has 6 N–H and O–H groups in total. The van der Waals surface area contributed by atoms with Gasteiger partial charge in [0.2, 0.25) is 5.95 Å². The van der Waals surface area contributed by atoms with Gasteiger partial charge in [0.15, 0.2) is 0 Å². The largest absolute Gasteiger partial charge is 0.391 e. The number of aromatic nitrogens is 3. The molecule has 0 aromatic carbocycles. The monoisotopic (exact) mass is 413 g/mol. The summed E-state index contributed by atoms with van der Waals surface area (Å²) in [5.74, 6) is 0.576. The number of aliphatic hydroxyl groups excluding tert-OH is 1. The lowest BCUT2D eigenvalue weighted by molar-refractivity contribution is 0.1000. The average molecular weight is 414 g/mol. The molecule has 9 heteroatoms. The minimum absolute atomic E-state index is 0.174. The van der Waals surface area contributed by atoms with Gasteiger partial charge in [-0.05, 0) is 30.4 Å². The second kappa shape index (κ2) is 8.93. The lowest BCUT2D eigenvalue weighted by atomic mass is 10.0. The van der Waals surface area contributed by atoms with E-state index >= 15 is 0 Å². The molecule has 0 spiro atoms. The fourth-order valence-electron chi connectivity index (χ4n) is 3.45. The summed E-state index contributed by atoms with van der Waals surface area (Å²) >= 11 is 0. The predicted molar refractivity (Wildman–Crippen MR) is 117 cm³/mol. The molecule has 3 heterocycles. The number of nitrogens with zero attached hydrogens (tertiary/aromatic N) is 4. The summed E-state index contributed by atoms with van der Waals surface area (Å²) in [6.07, 6.45) is 1.40. The van der Waals surface area contributed by atoms with Crippen LogP contribution < -0.4 is 21.7 Å². The van der Waals surface area contributed by atoms with Crippen molar-refractivity contribution in [1.82, 2.24) is 15.0 Å². The van der Waals surface area contributed by atoms with Crippen LogP contribution in [0.25, 0.3) is 0 Å². The van der Waals surface area contributed by atoms with E-state index in [2.05, 4.69) is 43.0 Å². The lowest BCUT2D eigenvalue weighted by Crippen LogP contribution is -2.50. The first-order valence-electron chi connectivity index (χ1n) is 10.3. The molecule has 0 saturated carbocycles. The quantitative estimate of drug-likeness (QED) is 0.562. The third kappa shape index (κ3) is 5.03. The summed E-state index contributed by atoms with van der Waals surface area (Å²) in [7, 11) is 0. The first kappa shape index (κ1) is 21.9. The number of hydrogen-bond acceptors (Lipinski definition) is 8. The highest BCUT2D eigenvalue weighted by atomic mass is 16.3. The second-order valence-corrected chi connectivity index (χ2v) is 8.49. The Kier molecular flexibility index (Phi) is 6.52. The molecule has 1 amide bonds. The molecule has 1 aliphatic rings. The van der Waals surface area contributed by atoms with E-state index in [4.69, 9.17) is 16.5 Å². The van der Waals surface area contributed by atoms with Gasteiger partial charge < -0.3 is 26.8 Å². The van der Waals surface area contributed by atoms with Gasteiger partial charge >= 0.3 is 0 Å². The molecule has 0 bridgehead atoms. The molecule has 162 valence electrons. The topological polar surface area (TPSA) is 143 Å². The maximum Gasteiger partial charge on any atom is 0.254 e. The van der Waals surface area contributed by atoms with Gasteiger partial charge in [-0.15, -0.1) is 0 Å². The molecule has 2 aromatic heterocycles. The molecular weight excluding hydrogens is 382 g/mol. The van der Waals surface area contributed by atoms with Gasteiger partial charge in [0.1, 0.15) is 11.4 Å². The number of rotatable bonds is 6. The third-order valence-electron chi connectivity index (χ3n) is 5.10. The summed E-state index contributed by atoms with van der Waals surface area (Å²) in [4.78, 5) is 27.3. The summed E-state index contributed by atoms with van der Waals surface area (Å²) in [6, 6.07) is 3.72. The molecule has 1 fully saturated rings. The molecule has 0 aliphatic carbocycles. The van der Waals surface area contributed by atoms with Crippen molar-refractivity contribution >= 4 is 23.4 Å². The van der Waals surface area contributed by atoms with E-state index in [0.717, 1.165) is 17.1 Å². The second-order valence-electron chi connectivity index (χ2n) is 8.49. The smallest absolute Gasteiger partial charge is 0.254 e. The van der Waals surface area contributed by atoms with Crippen LogP contribution >= 0.6 is 0 Å². The van der Waals surface area contributed by atoms with E-state index in [1.807, 2.05) is 17.0 Å². The molecule has 2 aromatic rings. The number of nitrogens with one attached hydrogen (secondary N) is 1. The van der Waals surface area contributed by atoms with Crippen molar-refractivity contribution in [2.75, 3.05) is 23.3 Å². The summed E-state index contributed by atoms with van der Waals surface area (Å²) < 4.78 is 0. The minimum atomic E-state index is -0.623. The van der Waals surface area contributed by atoms with E-state index in [-0.39, 0.29) is 23.4 Å². The Morgan fingerprint density at radius 1 is 1.17 bits per heavy atom. The number of β-amino-alcohol motifs (C(OH)–C–C–N with tert-alkyl or cyclic N) is 1. The molecule has 9 nitrogen and oxygen atoms in total. The van der Waals surface area contributed by atoms with Gasteiger partial charge in [-0.3, -0.25) is 9.78 Å². The number of nitrogens with two attached hydrogens (primary N) is 2. The van der Waals surface area contributed by atoms with Gasteiger partial charge in [0.05, 0.1) is 6.10 Å². The Hall–Kier alpha value is -2.78. The fraction of sp³-hybridized carbons (Fsp3) is 0.524. The van der Waals surface area contributed by atoms with Crippen LogP contribution in [0.5, 0.6) is 0 Å². The summed E-state index contributed by atoms with van der Waals surface area (Å²) in [6.45, 7) is 9.24. The standard InChI is InChI=1S/C21H31N7O2/c1-11(2)17-6-14(7-18(26-17)12(3)4)25-20-16(19(23)30)8-24-21(27-20)28-9-13(22)5-15(29)10-28/h6-8,11-13,15,29H,5,9-10,22H2,1-4H3,(H2,23,30)(H,24,25,26,27). The van der Waals surface area contributed by atoms with Crippen molar-refractivity contribution in [1.29, 1.82) is 0 Å². The van der Waals surface area contributed by atoms with Crippen molar-refractivity contribution in [3.8, 4) is 0 Å². The lowest BCUT2D eigenvalue weighted by Gasteiger charge is -2.34. The number of aliphatic hydroxyl groups is 1. The van der Waals surface area contributed by atoms with Gasteiger partial charge in [-0.1, -0.05) is 27.7 Å². The Bertz CT molecular complexity index is 880. The Morgan fingerprint density at radius 3 is 2.33 bits per heavy atom. The van der Waals surface area contributed by atoms with Crippen molar-refractivity contribution in [3.05, 3.63) is 35.3 Å². The Morgan fingerprint density at radius 2 is 1.80 bits per heavy atom. The number of piperidine rings is 1. The zero-order valence-electron chi connectivity index (χ0n) is 18.0. The van der Waals surface area contributed by atoms with Crippen molar-refractivity contribution in [2.24, 2.45) is 11.5 Å². The molecule has 0 radical (unpaired) electrons. The number of anilines is 3. The zero-order valence-corrected chi connectivity index (χ0v) is 18.0. The van der Waals surface area contributed by atoms with Crippen LogP contribution in [0.4, 0.5) is 17.5 Å². The minimum Gasteiger partial charge on any atom is -0.391 e. The molecule has 3 rings (SSSR count). The van der Waals surface area contributed by atoms with Crippen LogP contribution in [-0.4, -0.2) is 51.2 Å². The highest BCUT2D eigenvalue weighted by molar-refractivity contribution is 5.98. The summed E-state index contributed by atoms with van der Waals surface area (Å²) in [5.41, 5.74) is 14.4. The number of amides is 1. The normalized spacial score (nSPS) is 19.4. The van der Waals surface area contributed by atoms with E-state index in [1.165, 1.54) is 6.20 Å². The highest BCUT2D eigenvalue weighted by Crippen LogP contribution is 2.27. The molecule has 2 atom stereocenters. The number of carbonyl (C=O) groups is 1. The first-order valence-corrected chi connectivity index (χ1v) is 10.3. The van der Waals surface area contributed by atoms with Gasteiger partial charge in [-0.2, -0.15) is 4.98 Å². The van der Waals surface area contributed by atoms with Crippen LogP contribution in [0.1, 0.15) is 67.7 Å². The van der Waals surface area contributed by atoms with Crippen LogP contribution in [0.3, 0.4) is 0 Å². The highest BCUT2D eigenvalue weighted by Gasteiger charge is 2.26. The van der Waals surface area contributed by atoms with Crippen LogP contribution in [0.15, 0.2) is 18.3 Å². The van der Waals surface area contributed by atoms with Gasteiger partial charge in [-0.25, -0.2) is 4.98 Å². The summed E-state index contributed by atoms with van der Waals surface area (Å²) in [5, 5.41) is 13.3. The van der Waals surface area contributed by atoms with Crippen LogP contribution in [0, 0.1) is 0 Å². The van der Waals surface area contributed by atoms with Crippen molar-refractivity contribution < 1.29 is 9.90 Å². The van der Waals surface area contributed by atoms with Crippen LogP contribution in [-0.2, 0) is 0 Å². The molecular formula is C21H31N7O2. The SMILES string of the molecule is CC(C)c1cc(Nc2nc(N3CC(N)CC(O)C3)ncc2C(N)=O)cc(C(C)C)n1. The third-order valence-corrected chi connectivity index (χ3v) is 5.10. The Labute approximate surface area is 176 Å². The maximum absolute atomic E-state index is 12.0. The first-order chi connectivity index (χ1) is 14.1. The number of primary amides is 1. The van der Waals surface area contributed by atoms with Crippen molar-refractivity contribution in [2.45, 2.75) is 58.1 Å². The van der Waals surface area contributed by atoms with Crippen molar-refractivity contribution in [3.63, 3.8) is 0 Å². The molecule has 1 saturated heterocycles. The number of pyridine rings is 1. The van der Waals surface area contributed by atoms with Gasteiger partial charge in [0.25, 0.3) is 5.91 Å². The molecule has 30 heavy (non-hydrogen) atoms. The van der Waals surface area contributed by atoms with E-state index in [1.54, 1.807) is 0 Å². The molecule has 2 unspecified atom stereocenters. The number of carbonyl (C=O) groups excluding carboxylic acids is 1. The van der Waals surface area contributed by atoms with Gasteiger partial charge in [0, 0.05) is 42.4 Å². The van der Waals surface area contributed by atoms with Crippen LogP contribution in [0.2, 0.25) is 0 Å². The Balaban J connectivity index is 1.99. The zero-order chi connectivity index (χ0) is 22.0. The number of hydrogen-bond donors (Lipinski definition) is 4.